The average molecular weight is 505 g/mol. The molecule has 1 unspecified atom stereocenters. The minimum absolute atomic E-state index is 0.126. The third-order valence-electron chi connectivity index (χ3n) is 9.88. The molecule has 1 aromatic carbocycles. The van der Waals surface area contributed by atoms with Gasteiger partial charge in [-0.25, -0.2) is 0 Å². The summed E-state index contributed by atoms with van der Waals surface area (Å²) in [7, 11) is -3.61. The van der Waals surface area contributed by atoms with E-state index in [9.17, 15) is 8.42 Å². The van der Waals surface area contributed by atoms with E-state index in [0.29, 0.717) is 24.7 Å². The van der Waals surface area contributed by atoms with Crippen molar-refractivity contribution in [1.29, 1.82) is 0 Å². The van der Waals surface area contributed by atoms with E-state index >= 15 is 0 Å². The standard InChI is InChI=1S/C29H32N2O4S/c1-27-11-9-23-16-22-5-6-24(31-35-36(2,32)33)17-28(22)12-13-29(23,34-28)26(27)8-7-25(27)20-4-3-19-10-14-30-18-21(19)15-20/h3-4,9-10,14-16,18,25-26H,5-8,11-13,17H2,1-2H3/b31-24-/t25?,26-,27-,28-,29-/m1/s1. The lowest BCUT2D eigenvalue weighted by molar-refractivity contribution is -0.126. The maximum atomic E-state index is 11.5. The Balaban J connectivity index is 1.24. The van der Waals surface area contributed by atoms with Crippen molar-refractivity contribution in [2.45, 2.75) is 75.4 Å². The second kappa shape index (κ2) is 7.51. The number of fused-ring (bicyclic) bond motifs is 2. The van der Waals surface area contributed by atoms with Crippen LogP contribution in [0.3, 0.4) is 0 Å². The van der Waals surface area contributed by atoms with Crippen LogP contribution in [0.25, 0.3) is 10.8 Å². The van der Waals surface area contributed by atoms with Gasteiger partial charge in [0.05, 0.1) is 23.2 Å². The van der Waals surface area contributed by atoms with E-state index < -0.39 is 10.1 Å². The van der Waals surface area contributed by atoms with E-state index in [0.717, 1.165) is 50.5 Å². The molecule has 2 aromatic rings. The number of aromatic nitrogens is 1. The Bertz CT molecular complexity index is 1480. The van der Waals surface area contributed by atoms with Crippen molar-refractivity contribution in [2.24, 2.45) is 16.5 Å². The lowest BCUT2D eigenvalue weighted by atomic mass is 9.58. The van der Waals surface area contributed by atoms with E-state index in [1.807, 2.05) is 12.4 Å². The predicted octanol–water partition coefficient (Wildman–Crippen LogP) is 5.81. The van der Waals surface area contributed by atoms with E-state index in [1.54, 1.807) is 0 Å². The number of nitrogens with zero attached hydrogens (tertiary/aromatic N) is 2. The Morgan fingerprint density at radius 1 is 1.14 bits per heavy atom. The molecule has 2 bridgehead atoms. The summed E-state index contributed by atoms with van der Waals surface area (Å²) in [5.74, 6) is 0.933. The van der Waals surface area contributed by atoms with Gasteiger partial charge in [0.2, 0.25) is 0 Å². The number of hydrogen-bond donors (Lipinski definition) is 0. The third-order valence-corrected chi connectivity index (χ3v) is 10.2. The third kappa shape index (κ3) is 3.21. The molecule has 0 radical (unpaired) electrons. The van der Waals surface area contributed by atoms with Crippen LogP contribution in [-0.2, 0) is 19.1 Å². The molecule has 0 amide bonds. The molecule has 2 saturated carbocycles. The molecule has 1 aromatic heterocycles. The zero-order valence-electron chi connectivity index (χ0n) is 20.9. The monoisotopic (exact) mass is 504 g/mol. The SMILES string of the molecule is C[C@]12CC=C3C=C4CC/C(=N/OS(C)(=O)=O)C[C@]45CC[C@]3(O5)[C@@H]1CCC2c1ccc2ccncc2c1. The molecule has 3 heterocycles. The molecule has 3 fully saturated rings. The van der Waals surface area contributed by atoms with Crippen LogP contribution < -0.4 is 0 Å². The molecule has 5 aliphatic rings. The Hall–Kier alpha value is -2.51. The number of allylic oxidation sites excluding steroid dienone is 1. The van der Waals surface area contributed by atoms with Gasteiger partial charge in [0.25, 0.3) is 0 Å². The zero-order chi connectivity index (χ0) is 24.8. The molecule has 3 aliphatic carbocycles. The zero-order valence-corrected chi connectivity index (χ0v) is 21.7. The van der Waals surface area contributed by atoms with Crippen LogP contribution in [0.2, 0.25) is 0 Å². The van der Waals surface area contributed by atoms with Gasteiger partial charge in [-0.05, 0) is 96.4 Å². The van der Waals surface area contributed by atoms with Crippen molar-refractivity contribution in [2.75, 3.05) is 6.26 Å². The smallest absolute Gasteiger partial charge is 0.325 e. The topological polar surface area (TPSA) is 77.8 Å². The molecule has 188 valence electrons. The molecule has 6 nitrogen and oxygen atoms in total. The molecule has 7 heteroatoms. The normalized spacial score (nSPS) is 38.2. The largest absolute Gasteiger partial charge is 0.359 e. The summed E-state index contributed by atoms with van der Waals surface area (Å²) in [6.07, 6.45) is 17.3. The molecule has 1 saturated heterocycles. The first kappa shape index (κ1) is 22.7. The second-order valence-electron chi connectivity index (χ2n) is 11.8. The van der Waals surface area contributed by atoms with Gasteiger partial charge < -0.3 is 4.74 Å². The Kier molecular flexibility index (Phi) is 4.73. The number of hydrogen-bond acceptors (Lipinski definition) is 6. The first-order chi connectivity index (χ1) is 17.2. The van der Waals surface area contributed by atoms with Crippen molar-refractivity contribution in [3.8, 4) is 0 Å². The molecule has 2 spiro atoms. The molecule has 5 atom stereocenters. The van der Waals surface area contributed by atoms with E-state index in [2.05, 4.69) is 53.5 Å². The fourth-order valence-electron chi connectivity index (χ4n) is 8.30. The van der Waals surface area contributed by atoms with Crippen LogP contribution in [0, 0.1) is 11.3 Å². The maximum absolute atomic E-state index is 11.5. The molecular formula is C29H32N2O4S. The quantitative estimate of drug-likeness (QED) is 0.493. The summed E-state index contributed by atoms with van der Waals surface area (Å²) < 4.78 is 35.0. The Labute approximate surface area is 212 Å². The molecular weight excluding hydrogens is 472 g/mol. The van der Waals surface area contributed by atoms with Gasteiger partial charge in [-0.3, -0.25) is 9.27 Å². The highest BCUT2D eigenvalue weighted by atomic mass is 32.2. The maximum Gasteiger partial charge on any atom is 0.325 e. The van der Waals surface area contributed by atoms with Crippen molar-refractivity contribution >= 4 is 26.6 Å². The van der Waals surface area contributed by atoms with Crippen LogP contribution in [0.4, 0.5) is 0 Å². The highest BCUT2D eigenvalue weighted by molar-refractivity contribution is 7.85. The van der Waals surface area contributed by atoms with Crippen molar-refractivity contribution in [3.63, 3.8) is 0 Å². The summed E-state index contributed by atoms with van der Waals surface area (Å²) in [5, 5.41) is 6.46. The number of oxime groups is 1. The highest BCUT2D eigenvalue weighted by Gasteiger charge is 2.66. The second-order valence-corrected chi connectivity index (χ2v) is 13.4. The average Bonchev–Trinajstić information content (AvgIpc) is 3.37. The minimum atomic E-state index is -3.61. The van der Waals surface area contributed by atoms with Gasteiger partial charge in [-0.2, -0.15) is 8.42 Å². The van der Waals surface area contributed by atoms with Crippen molar-refractivity contribution in [3.05, 3.63) is 65.5 Å². The highest BCUT2D eigenvalue weighted by Crippen LogP contribution is 2.69. The first-order valence-corrected chi connectivity index (χ1v) is 14.9. The van der Waals surface area contributed by atoms with Crippen molar-refractivity contribution < 1.29 is 17.4 Å². The van der Waals surface area contributed by atoms with E-state index in [4.69, 9.17) is 9.02 Å². The van der Waals surface area contributed by atoms with Crippen molar-refractivity contribution in [1.82, 2.24) is 4.98 Å². The van der Waals surface area contributed by atoms with Gasteiger partial charge in [-0.15, -0.1) is 0 Å². The van der Waals surface area contributed by atoms with Crippen LogP contribution in [0.1, 0.15) is 69.8 Å². The number of pyridine rings is 1. The fourth-order valence-corrected chi connectivity index (χ4v) is 8.54. The van der Waals surface area contributed by atoms with Gasteiger partial charge >= 0.3 is 10.1 Å². The van der Waals surface area contributed by atoms with Crippen LogP contribution in [0.5, 0.6) is 0 Å². The molecule has 2 aliphatic heterocycles. The lowest BCUT2D eigenvalue weighted by Crippen LogP contribution is -2.53. The van der Waals surface area contributed by atoms with E-state index in [-0.39, 0.29) is 16.6 Å². The summed E-state index contributed by atoms with van der Waals surface area (Å²) in [6.45, 7) is 2.48. The lowest BCUT2D eigenvalue weighted by Gasteiger charge is -2.54. The Morgan fingerprint density at radius 3 is 2.89 bits per heavy atom. The summed E-state index contributed by atoms with van der Waals surface area (Å²) in [4.78, 5) is 4.35. The van der Waals surface area contributed by atoms with E-state index in [1.165, 1.54) is 27.5 Å². The fraction of sp³-hybridized carbons (Fsp3) is 0.517. The molecule has 36 heavy (non-hydrogen) atoms. The van der Waals surface area contributed by atoms with Gasteiger partial charge in [0.15, 0.2) is 0 Å². The summed E-state index contributed by atoms with van der Waals surface area (Å²) >= 11 is 0. The number of rotatable bonds is 3. The summed E-state index contributed by atoms with van der Waals surface area (Å²) in [6, 6.07) is 8.98. The van der Waals surface area contributed by atoms with Crippen LogP contribution in [-0.4, -0.2) is 36.6 Å². The van der Waals surface area contributed by atoms with Gasteiger partial charge in [0.1, 0.15) is 0 Å². The van der Waals surface area contributed by atoms with Gasteiger partial charge in [0, 0.05) is 24.2 Å². The molecule has 7 rings (SSSR count). The number of ether oxygens (including phenoxy) is 1. The van der Waals surface area contributed by atoms with Gasteiger partial charge in [-0.1, -0.05) is 36.4 Å². The minimum Gasteiger partial charge on any atom is -0.359 e. The first-order valence-electron chi connectivity index (χ1n) is 13.1. The summed E-state index contributed by atoms with van der Waals surface area (Å²) in [5.41, 5.74) is 4.42. The predicted molar refractivity (Wildman–Crippen MR) is 139 cm³/mol. The van der Waals surface area contributed by atoms with Crippen LogP contribution in [0.15, 0.2) is 65.1 Å². The molecule has 0 N–H and O–H groups in total. The van der Waals surface area contributed by atoms with Crippen LogP contribution >= 0.6 is 0 Å². The number of benzene rings is 1. The Morgan fingerprint density at radius 2 is 2.03 bits per heavy atom.